The van der Waals surface area contributed by atoms with E-state index in [4.69, 9.17) is 4.74 Å². The molecule has 0 spiro atoms. The summed E-state index contributed by atoms with van der Waals surface area (Å²) in [6.45, 7) is 4.83. The summed E-state index contributed by atoms with van der Waals surface area (Å²) in [5.74, 6) is 0.735. The molecular formula is C11H20N4O3S. The average Bonchev–Trinajstić information content (AvgIpc) is 2.86. The second-order valence-electron chi connectivity index (χ2n) is 4.37. The SMILES string of the molecule is CCCn1ccnc1CNS(=O)(=O)N1CCOCC1. The second kappa shape index (κ2) is 6.47. The maximum absolute atomic E-state index is 12.1. The summed E-state index contributed by atoms with van der Waals surface area (Å²) in [7, 11) is -3.44. The number of hydrogen-bond acceptors (Lipinski definition) is 4. The van der Waals surface area contributed by atoms with Gasteiger partial charge in [-0.1, -0.05) is 6.92 Å². The number of nitrogens with one attached hydrogen (secondary N) is 1. The van der Waals surface area contributed by atoms with Gasteiger partial charge < -0.3 is 9.30 Å². The van der Waals surface area contributed by atoms with E-state index >= 15 is 0 Å². The Labute approximate surface area is 113 Å². The van der Waals surface area contributed by atoms with E-state index in [0.717, 1.165) is 18.8 Å². The summed E-state index contributed by atoms with van der Waals surface area (Å²) in [6, 6.07) is 0. The van der Waals surface area contributed by atoms with Gasteiger partial charge in [0.05, 0.1) is 19.8 Å². The monoisotopic (exact) mass is 288 g/mol. The molecule has 7 nitrogen and oxygen atoms in total. The molecule has 19 heavy (non-hydrogen) atoms. The number of imidazole rings is 1. The molecule has 0 saturated carbocycles. The van der Waals surface area contributed by atoms with E-state index in [1.54, 1.807) is 6.20 Å². The zero-order valence-electron chi connectivity index (χ0n) is 11.1. The molecule has 2 heterocycles. The van der Waals surface area contributed by atoms with Gasteiger partial charge in [0.25, 0.3) is 10.2 Å². The number of aromatic nitrogens is 2. The van der Waals surface area contributed by atoms with Gasteiger partial charge in [-0.25, -0.2) is 4.98 Å². The lowest BCUT2D eigenvalue weighted by atomic mass is 10.4. The van der Waals surface area contributed by atoms with Crippen LogP contribution in [0.4, 0.5) is 0 Å². The highest BCUT2D eigenvalue weighted by atomic mass is 32.2. The molecule has 0 atom stereocenters. The summed E-state index contributed by atoms with van der Waals surface area (Å²) < 4.78 is 35.2. The third-order valence-corrected chi connectivity index (χ3v) is 4.54. The molecule has 108 valence electrons. The Kier molecular flexibility index (Phi) is 4.92. The first-order chi connectivity index (χ1) is 9.13. The highest BCUT2D eigenvalue weighted by Crippen LogP contribution is 2.05. The zero-order chi connectivity index (χ0) is 13.7. The number of aryl methyl sites for hydroxylation is 1. The van der Waals surface area contributed by atoms with E-state index in [-0.39, 0.29) is 6.54 Å². The number of nitrogens with zero attached hydrogens (tertiary/aromatic N) is 3. The first-order valence-corrected chi connectivity index (χ1v) is 7.90. The summed E-state index contributed by atoms with van der Waals surface area (Å²) in [6.07, 6.45) is 4.54. The van der Waals surface area contributed by atoms with Crippen LogP contribution in [0.25, 0.3) is 0 Å². The fraction of sp³-hybridized carbons (Fsp3) is 0.727. The third-order valence-electron chi connectivity index (χ3n) is 2.99. The molecule has 1 saturated heterocycles. The molecule has 0 unspecified atom stereocenters. The number of ether oxygens (including phenoxy) is 1. The van der Waals surface area contributed by atoms with E-state index in [1.165, 1.54) is 4.31 Å². The smallest absolute Gasteiger partial charge is 0.280 e. The summed E-state index contributed by atoms with van der Waals surface area (Å²) in [5.41, 5.74) is 0. The van der Waals surface area contributed by atoms with Crippen LogP contribution in [-0.2, 0) is 28.0 Å². The maximum Gasteiger partial charge on any atom is 0.280 e. The van der Waals surface area contributed by atoms with Crippen LogP contribution >= 0.6 is 0 Å². The van der Waals surface area contributed by atoms with Gasteiger partial charge in [0, 0.05) is 32.0 Å². The minimum atomic E-state index is -3.44. The van der Waals surface area contributed by atoms with Crippen molar-refractivity contribution >= 4 is 10.2 Å². The molecule has 1 aliphatic rings. The molecule has 2 rings (SSSR count). The predicted octanol–water partition coefficient (Wildman–Crippen LogP) is -0.0403. The van der Waals surface area contributed by atoms with Crippen molar-refractivity contribution < 1.29 is 13.2 Å². The quantitative estimate of drug-likeness (QED) is 0.797. The first-order valence-electron chi connectivity index (χ1n) is 6.46. The average molecular weight is 288 g/mol. The predicted molar refractivity (Wildman–Crippen MR) is 70.7 cm³/mol. The molecule has 0 aromatic carbocycles. The van der Waals surface area contributed by atoms with Gasteiger partial charge in [-0.2, -0.15) is 17.4 Å². The van der Waals surface area contributed by atoms with Crippen LogP contribution in [0.5, 0.6) is 0 Å². The Bertz CT molecular complexity index is 494. The van der Waals surface area contributed by atoms with Crippen LogP contribution in [0.2, 0.25) is 0 Å². The minimum absolute atomic E-state index is 0.215. The van der Waals surface area contributed by atoms with Crippen molar-refractivity contribution in [3.05, 3.63) is 18.2 Å². The van der Waals surface area contributed by atoms with Crippen LogP contribution in [0.1, 0.15) is 19.2 Å². The molecule has 0 amide bonds. The number of rotatable bonds is 6. The summed E-state index contributed by atoms with van der Waals surface area (Å²) in [4.78, 5) is 4.18. The Balaban J connectivity index is 1.95. The van der Waals surface area contributed by atoms with E-state index < -0.39 is 10.2 Å². The highest BCUT2D eigenvalue weighted by molar-refractivity contribution is 7.87. The molecule has 1 aromatic rings. The van der Waals surface area contributed by atoms with E-state index in [0.29, 0.717) is 26.3 Å². The minimum Gasteiger partial charge on any atom is -0.379 e. The third kappa shape index (κ3) is 3.75. The Morgan fingerprint density at radius 2 is 2.16 bits per heavy atom. The van der Waals surface area contributed by atoms with Gasteiger partial charge in [0.2, 0.25) is 0 Å². The summed E-state index contributed by atoms with van der Waals surface area (Å²) in [5, 5.41) is 0. The number of morpholine rings is 1. The van der Waals surface area contributed by atoms with Gasteiger partial charge in [-0.3, -0.25) is 0 Å². The van der Waals surface area contributed by atoms with Gasteiger partial charge >= 0.3 is 0 Å². The van der Waals surface area contributed by atoms with Gasteiger partial charge in [-0.15, -0.1) is 0 Å². The lowest BCUT2D eigenvalue weighted by Crippen LogP contribution is -2.46. The van der Waals surface area contributed by atoms with Gasteiger partial charge in [0.1, 0.15) is 5.82 Å². The van der Waals surface area contributed by atoms with Crippen LogP contribution in [0, 0.1) is 0 Å². The normalized spacial score (nSPS) is 17.7. The first kappa shape index (κ1) is 14.4. The largest absolute Gasteiger partial charge is 0.379 e. The Hall–Kier alpha value is -0.960. The molecule has 1 aromatic heterocycles. The van der Waals surface area contributed by atoms with Crippen molar-refractivity contribution in [2.45, 2.75) is 26.4 Å². The van der Waals surface area contributed by atoms with Crippen LogP contribution in [0.3, 0.4) is 0 Å². The standard InChI is InChI=1S/C11H20N4O3S/c1-2-4-14-5-3-12-11(14)10-13-19(16,17)15-6-8-18-9-7-15/h3,5,13H,2,4,6-10H2,1H3. The molecule has 0 bridgehead atoms. The van der Waals surface area contributed by atoms with Gasteiger partial charge in [-0.05, 0) is 6.42 Å². The topological polar surface area (TPSA) is 76.5 Å². The van der Waals surface area contributed by atoms with Crippen molar-refractivity contribution in [1.29, 1.82) is 0 Å². The second-order valence-corrected chi connectivity index (χ2v) is 6.13. The molecule has 1 aliphatic heterocycles. The molecular weight excluding hydrogens is 268 g/mol. The van der Waals surface area contributed by atoms with Crippen molar-refractivity contribution in [2.75, 3.05) is 26.3 Å². The highest BCUT2D eigenvalue weighted by Gasteiger charge is 2.24. The molecule has 0 aliphatic carbocycles. The van der Waals surface area contributed by atoms with Gasteiger partial charge in [0.15, 0.2) is 0 Å². The lowest BCUT2D eigenvalue weighted by Gasteiger charge is -2.26. The molecule has 0 radical (unpaired) electrons. The van der Waals surface area contributed by atoms with E-state index in [1.807, 2.05) is 10.8 Å². The molecule has 1 N–H and O–H groups in total. The van der Waals surface area contributed by atoms with E-state index in [9.17, 15) is 8.42 Å². The van der Waals surface area contributed by atoms with Crippen LogP contribution < -0.4 is 4.72 Å². The van der Waals surface area contributed by atoms with Crippen molar-refractivity contribution in [3.8, 4) is 0 Å². The van der Waals surface area contributed by atoms with Crippen LogP contribution in [-0.4, -0.2) is 48.6 Å². The fourth-order valence-electron chi connectivity index (χ4n) is 1.99. The summed E-state index contributed by atoms with van der Waals surface area (Å²) >= 11 is 0. The zero-order valence-corrected chi connectivity index (χ0v) is 11.9. The van der Waals surface area contributed by atoms with Crippen LogP contribution in [0.15, 0.2) is 12.4 Å². The fourth-order valence-corrected chi connectivity index (χ4v) is 3.11. The molecule has 8 heteroatoms. The lowest BCUT2D eigenvalue weighted by molar-refractivity contribution is 0.0724. The van der Waals surface area contributed by atoms with E-state index in [2.05, 4.69) is 16.6 Å². The Morgan fingerprint density at radius 3 is 2.84 bits per heavy atom. The van der Waals surface area contributed by atoms with Crippen molar-refractivity contribution in [2.24, 2.45) is 0 Å². The Morgan fingerprint density at radius 1 is 1.42 bits per heavy atom. The van der Waals surface area contributed by atoms with Crippen molar-refractivity contribution in [3.63, 3.8) is 0 Å². The molecule has 1 fully saturated rings. The van der Waals surface area contributed by atoms with Crippen molar-refractivity contribution in [1.82, 2.24) is 18.6 Å². The maximum atomic E-state index is 12.1. The number of hydrogen-bond donors (Lipinski definition) is 1.